The third kappa shape index (κ3) is 3.91. The number of anilines is 1. The molecule has 0 unspecified atom stereocenters. The van der Waals surface area contributed by atoms with Crippen molar-refractivity contribution in [2.45, 2.75) is 26.9 Å². The van der Waals surface area contributed by atoms with Crippen LogP contribution in [0.15, 0.2) is 47.3 Å². The third-order valence-electron chi connectivity index (χ3n) is 3.70. The van der Waals surface area contributed by atoms with Gasteiger partial charge < -0.3 is 5.32 Å². The quantitative estimate of drug-likeness (QED) is 0.731. The van der Waals surface area contributed by atoms with E-state index in [4.69, 9.17) is 0 Å². The predicted octanol–water partition coefficient (Wildman–Crippen LogP) is 3.15. The van der Waals surface area contributed by atoms with Gasteiger partial charge in [-0.05, 0) is 40.9 Å². The average Bonchev–Trinajstić information content (AvgIpc) is 3.08. The molecule has 1 N–H and O–H groups in total. The fourth-order valence-corrected chi connectivity index (χ4v) is 2.71. The maximum atomic E-state index is 12.1. The molecule has 0 saturated carbocycles. The van der Waals surface area contributed by atoms with Crippen LogP contribution in [0.25, 0.3) is 0 Å². The lowest BCUT2D eigenvalue weighted by Crippen LogP contribution is -2.18. The maximum absolute atomic E-state index is 12.1. The molecule has 0 aliphatic carbocycles. The summed E-state index contributed by atoms with van der Waals surface area (Å²) in [7, 11) is 0. The highest BCUT2D eigenvalue weighted by molar-refractivity contribution is 9.10. The Labute approximate surface area is 148 Å². The summed E-state index contributed by atoms with van der Waals surface area (Å²) in [5, 5.41) is 11.4. The molecule has 0 aliphatic heterocycles. The van der Waals surface area contributed by atoms with E-state index in [-0.39, 0.29) is 12.5 Å². The van der Waals surface area contributed by atoms with E-state index in [0.717, 1.165) is 10.2 Å². The number of hydrogen-bond donors (Lipinski definition) is 1. The molecule has 3 aromatic rings. The van der Waals surface area contributed by atoms with Gasteiger partial charge in [0.05, 0.1) is 28.6 Å². The van der Waals surface area contributed by atoms with Crippen molar-refractivity contribution in [3.8, 4) is 0 Å². The number of benzene rings is 1. The van der Waals surface area contributed by atoms with E-state index < -0.39 is 0 Å². The molecule has 1 aromatic carbocycles. The van der Waals surface area contributed by atoms with Crippen LogP contribution in [0.3, 0.4) is 0 Å². The number of nitrogens with zero attached hydrogens (tertiary/aromatic N) is 4. The lowest BCUT2D eigenvalue weighted by molar-refractivity contribution is -0.116. The lowest BCUT2D eigenvalue weighted by atomic mass is 10.1. The molecule has 7 heteroatoms. The number of aryl methyl sites for hydroxylation is 2. The molecule has 6 nitrogen and oxygen atoms in total. The van der Waals surface area contributed by atoms with Gasteiger partial charge in [-0.2, -0.15) is 10.2 Å². The van der Waals surface area contributed by atoms with Gasteiger partial charge in [0, 0.05) is 12.4 Å². The summed E-state index contributed by atoms with van der Waals surface area (Å²) in [6, 6.07) is 8.18. The zero-order valence-electron chi connectivity index (χ0n) is 13.5. The molecule has 124 valence electrons. The predicted molar refractivity (Wildman–Crippen MR) is 95.8 cm³/mol. The molecule has 0 atom stereocenters. The number of halogens is 1. The van der Waals surface area contributed by atoms with Crippen LogP contribution in [-0.4, -0.2) is 25.5 Å². The van der Waals surface area contributed by atoms with Crippen LogP contribution in [0.4, 0.5) is 5.69 Å². The minimum Gasteiger partial charge on any atom is -0.322 e. The van der Waals surface area contributed by atoms with Crippen molar-refractivity contribution in [3.05, 3.63) is 64.1 Å². The van der Waals surface area contributed by atoms with Gasteiger partial charge >= 0.3 is 0 Å². The highest BCUT2D eigenvalue weighted by Crippen LogP contribution is 2.14. The number of hydrogen-bond acceptors (Lipinski definition) is 3. The van der Waals surface area contributed by atoms with Crippen molar-refractivity contribution >= 4 is 27.5 Å². The molecule has 1 amide bonds. The minimum atomic E-state index is -0.138. The third-order valence-corrected chi connectivity index (χ3v) is 4.48. The first-order chi connectivity index (χ1) is 11.5. The van der Waals surface area contributed by atoms with Gasteiger partial charge in [0.15, 0.2) is 0 Å². The van der Waals surface area contributed by atoms with Crippen molar-refractivity contribution in [2.75, 3.05) is 5.32 Å². The SMILES string of the molecule is Cc1ccccc1Cn1cc(NC(=O)Cn2cc(Br)c(C)n2)cn1. The van der Waals surface area contributed by atoms with Crippen LogP contribution >= 0.6 is 15.9 Å². The van der Waals surface area contributed by atoms with E-state index in [1.165, 1.54) is 11.1 Å². The maximum Gasteiger partial charge on any atom is 0.246 e. The fourth-order valence-electron chi connectivity index (χ4n) is 2.40. The smallest absolute Gasteiger partial charge is 0.246 e. The highest BCUT2D eigenvalue weighted by Gasteiger charge is 2.09. The Bertz CT molecular complexity index is 848. The first-order valence-corrected chi connectivity index (χ1v) is 8.37. The number of nitrogens with one attached hydrogen (secondary N) is 1. The molecule has 3 rings (SSSR count). The summed E-state index contributed by atoms with van der Waals surface area (Å²) in [4.78, 5) is 12.1. The molecular weight excluding hydrogens is 370 g/mol. The van der Waals surface area contributed by atoms with Gasteiger partial charge in [-0.1, -0.05) is 24.3 Å². The van der Waals surface area contributed by atoms with Crippen molar-refractivity contribution in [2.24, 2.45) is 0 Å². The molecule has 0 fully saturated rings. The van der Waals surface area contributed by atoms with E-state index in [1.807, 2.05) is 29.9 Å². The van der Waals surface area contributed by atoms with E-state index >= 15 is 0 Å². The van der Waals surface area contributed by atoms with Gasteiger partial charge in [-0.25, -0.2) is 0 Å². The van der Waals surface area contributed by atoms with Gasteiger partial charge in [0.25, 0.3) is 0 Å². The van der Waals surface area contributed by atoms with E-state index in [2.05, 4.69) is 50.5 Å². The van der Waals surface area contributed by atoms with Gasteiger partial charge in [0.1, 0.15) is 6.54 Å². The largest absolute Gasteiger partial charge is 0.322 e. The Balaban J connectivity index is 1.61. The van der Waals surface area contributed by atoms with Crippen molar-refractivity contribution < 1.29 is 4.79 Å². The van der Waals surface area contributed by atoms with Crippen LogP contribution < -0.4 is 5.32 Å². The Kier molecular flexibility index (Phi) is 4.80. The molecule has 0 bridgehead atoms. The number of carbonyl (C=O) groups excluding carboxylic acids is 1. The summed E-state index contributed by atoms with van der Waals surface area (Å²) in [6.45, 7) is 4.79. The van der Waals surface area contributed by atoms with Crippen LogP contribution in [0, 0.1) is 13.8 Å². The van der Waals surface area contributed by atoms with Gasteiger partial charge in [-0.3, -0.25) is 14.2 Å². The summed E-state index contributed by atoms with van der Waals surface area (Å²) in [5.41, 5.74) is 3.96. The second kappa shape index (κ2) is 7.00. The molecular formula is C17H18BrN5O. The Morgan fingerprint density at radius 1 is 1.21 bits per heavy atom. The number of rotatable bonds is 5. The van der Waals surface area contributed by atoms with Crippen molar-refractivity contribution in [1.29, 1.82) is 0 Å². The molecule has 0 spiro atoms. The zero-order chi connectivity index (χ0) is 17.1. The summed E-state index contributed by atoms with van der Waals surface area (Å²) < 4.78 is 4.31. The zero-order valence-corrected chi connectivity index (χ0v) is 15.1. The topological polar surface area (TPSA) is 64.7 Å². The molecule has 0 radical (unpaired) electrons. The van der Waals surface area contributed by atoms with Crippen molar-refractivity contribution in [1.82, 2.24) is 19.6 Å². The fraction of sp³-hybridized carbons (Fsp3) is 0.235. The summed E-state index contributed by atoms with van der Waals surface area (Å²) in [6.07, 6.45) is 5.27. The Morgan fingerprint density at radius 2 is 2.00 bits per heavy atom. The van der Waals surface area contributed by atoms with E-state index in [0.29, 0.717) is 12.2 Å². The Hall–Kier alpha value is -2.41. The molecule has 0 aliphatic rings. The number of amides is 1. The molecule has 2 aromatic heterocycles. The number of aromatic nitrogens is 4. The van der Waals surface area contributed by atoms with Crippen molar-refractivity contribution in [3.63, 3.8) is 0 Å². The van der Waals surface area contributed by atoms with E-state index in [1.54, 1.807) is 17.1 Å². The monoisotopic (exact) mass is 387 g/mol. The Morgan fingerprint density at radius 3 is 2.71 bits per heavy atom. The van der Waals surface area contributed by atoms with Crippen LogP contribution in [0.5, 0.6) is 0 Å². The average molecular weight is 388 g/mol. The molecule has 2 heterocycles. The van der Waals surface area contributed by atoms with Crippen LogP contribution in [-0.2, 0) is 17.9 Å². The standard InChI is InChI=1S/C17H18BrN5O/c1-12-5-3-4-6-14(12)8-22-9-15(7-19-22)20-17(24)11-23-10-16(18)13(2)21-23/h3-7,9-10H,8,11H2,1-2H3,(H,20,24). The summed E-state index contributed by atoms with van der Waals surface area (Å²) in [5.74, 6) is -0.138. The highest BCUT2D eigenvalue weighted by atomic mass is 79.9. The van der Waals surface area contributed by atoms with Crippen LogP contribution in [0.2, 0.25) is 0 Å². The molecule has 0 saturated heterocycles. The number of carbonyl (C=O) groups is 1. The van der Waals surface area contributed by atoms with Gasteiger partial charge in [-0.15, -0.1) is 0 Å². The van der Waals surface area contributed by atoms with Gasteiger partial charge in [0.2, 0.25) is 5.91 Å². The lowest BCUT2D eigenvalue weighted by Gasteiger charge is -2.05. The minimum absolute atomic E-state index is 0.138. The first-order valence-electron chi connectivity index (χ1n) is 7.57. The second-order valence-corrected chi connectivity index (χ2v) is 6.52. The van der Waals surface area contributed by atoms with E-state index in [9.17, 15) is 4.79 Å². The summed E-state index contributed by atoms with van der Waals surface area (Å²) >= 11 is 3.39. The normalized spacial score (nSPS) is 10.8. The van der Waals surface area contributed by atoms with Crippen LogP contribution in [0.1, 0.15) is 16.8 Å². The second-order valence-electron chi connectivity index (χ2n) is 5.66. The first kappa shape index (κ1) is 16.4. The molecule has 24 heavy (non-hydrogen) atoms.